The summed E-state index contributed by atoms with van der Waals surface area (Å²) in [6, 6.07) is 10.5. The first-order valence-electron chi connectivity index (χ1n) is 11.3. The number of hydrogen-bond donors (Lipinski definition) is 2. The molecular formula is C24H28Cl2N8S. The van der Waals surface area contributed by atoms with Crippen LogP contribution >= 0.6 is 36.2 Å². The molecule has 0 aliphatic heterocycles. The number of rotatable bonds is 5. The van der Waals surface area contributed by atoms with Gasteiger partial charge in [0, 0.05) is 29.9 Å². The van der Waals surface area contributed by atoms with Crippen LogP contribution in [0.3, 0.4) is 0 Å². The number of aromatic nitrogens is 5. The number of anilines is 1. The summed E-state index contributed by atoms with van der Waals surface area (Å²) in [7, 11) is 0. The smallest absolute Gasteiger partial charge is 0.151 e. The molecule has 1 aliphatic rings. The van der Waals surface area contributed by atoms with E-state index in [9.17, 15) is 0 Å². The number of fused-ring (bicyclic) bond motifs is 1. The van der Waals surface area contributed by atoms with Crippen molar-refractivity contribution in [1.82, 2.24) is 24.8 Å². The lowest BCUT2D eigenvalue weighted by Crippen LogP contribution is -2.25. The Labute approximate surface area is 220 Å². The molecule has 0 spiro atoms. The number of nitriles is 1. The van der Waals surface area contributed by atoms with E-state index in [4.69, 9.17) is 16.0 Å². The molecule has 0 atom stereocenters. The molecule has 5 rings (SSSR count). The van der Waals surface area contributed by atoms with E-state index in [0.29, 0.717) is 17.5 Å². The number of nitrogens with zero attached hydrogens (tertiary/aromatic N) is 6. The minimum absolute atomic E-state index is 0. The van der Waals surface area contributed by atoms with Crippen molar-refractivity contribution >= 4 is 47.4 Å². The minimum atomic E-state index is 0. The molecule has 0 amide bonds. The highest BCUT2D eigenvalue weighted by Gasteiger charge is 2.24. The van der Waals surface area contributed by atoms with Crippen LogP contribution in [0, 0.1) is 11.3 Å². The zero-order chi connectivity index (χ0) is 22.9. The molecule has 0 saturated heterocycles. The van der Waals surface area contributed by atoms with Crippen LogP contribution in [0.15, 0.2) is 36.7 Å². The molecular weight excluding hydrogens is 503 g/mol. The molecule has 1 fully saturated rings. The van der Waals surface area contributed by atoms with Crippen molar-refractivity contribution in [2.75, 3.05) is 5.32 Å². The molecule has 184 valence electrons. The van der Waals surface area contributed by atoms with Gasteiger partial charge in [-0.3, -0.25) is 4.98 Å². The highest BCUT2D eigenvalue weighted by Crippen LogP contribution is 2.38. The first-order valence-corrected chi connectivity index (χ1v) is 12.1. The Morgan fingerprint density at radius 1 is 1.11 bits per heavy atom. The molecule has 35 heavy (non-hydrogen) atoms. The van der Waals surface area contributed by atoms with Crippen molar-refractivity contribution in [2.45, 2.75) is 57.5 Å². The van der Waals surface area contributed by atoms with E-state index >= 15 is 0 Å². The second-order valence-electron chi connectivity index (χ2n) is 8.88. The van der Waals surface area contributed by atoms with E-state index in [1.165, 1.54) is 0 Å². The Hall–Kier alpha value is -2.77. The summed E-state index contributed by atoms with van der Waals surface area (Å²) in [5.74, 6) is 0.446. The van der Waals surface area contributed by atoms with Crippen LogP contribution in [0.2, 0.25) is 0 Å². The Bertz CT molecular complexity index is 1340. The summed E-state index contributed by atoms with van der Waals surface area (Å²) in [6.45, 7) is 4.22. The quantitative estimate of drug-likeness (QED) is 0.352. The summed E-state index contributed by atoms with van der Waals surface area (Å²) in [6.07, 6.45) is 7.68. The van der Waals surface area contributed by atoms with Crippen LogP contribution in [0.1, 0.15) is 56.0 Å². The maximum Gasteiger partial charge on any atom is 0.151 e. The Kier molecular flexibility index (Phi) is 8.67. The molecule has 4 aromatic heterocycles. The minimum Gasteiger partial charge on any atom is -0.382 e. The normalized spacial score (nSPS) is 17.5. The van der Waals surface area contributed by atoms with Gasteiger partial charge in [-0.25, -0.2) is 4.52 Å². The van der Waals surface area contributed by atoms with Crippen LogP contribution in [-0.4, -0.2) is 36.9 Å². The Morgan fingerprint density at radius 3 is 2.60 bits per heavy atom. The van der Waals surface area contributed by atoms with E-state index in [2.05, 4.69) is 40.5 Å². The fraction of sp³-hybridized carbons (Fsp3) is 0.375. The lowest BCUT2D eigenvalue weighted by Gasteiger charge is -2.23. The number of hydrogen-bond acceptors (Lipinski definition) is 8. The molecule has 0 radical (unpaired) electrons. The van der Waals surface area contributed by atoms with Crippen molar-refractivity contribution in [2.24, 2.45) is 5.73 Å². The predicted octanol–water partition coefficient (Wildman–Crippen LogP) is 5.44. The predicted molar refractivity (Wildman–Crippen MR) is 144 cm³/mol. The molecule has 1 aliphatic carbocycles. The van der Waals surface area contributed by atoms with Gasteiger partial charge in [-0.2, -0.15) is 10.4 Å². The molecule has 3 N–H and O–H groups in total. The third kappa shape index (κ3) is 5.57. The SMILES string of the molecule is CC(C)Nc1cc(-c2ccc3cc(C#N)cnn23)ncc1-c1nnc([C@H]2CC[C@H](N)CC2)s1.Cl.Cl. The van der Waals surface area contributed by atoms with Gasteiger partial charge in [0.05, 0.1) is 34.2 Å². The van der Waals surface area contributed by atoms with Crippen LogP contribution in [-0.2, 0) is 0 Å². The summed E-state index contributed by atoms with van der Waals surface area (Å²) >= 11 is 1.65. The fourth-order valence-corrected chi connectivity index (χ4v) is 5.36. The molecule has 0 unspecified atom stereocenters. The van der Waals surface area contributed by atoms with Crippen LogP contribution < -0.4 is 11.1 Å². The van der Waals surface area contributed by atoms with Gasteiger partial charge >= 0.3 is 0 Å². The van der Waals surface area contributed by atoms with Gasteiger partial charge in [-0.15, -0.1) is 35.0 Å². The summed E-state index contributed by atoms with van der Waals surface area (Å²) in [5.41, 5.74) is 11.0. The molecule has 4 heterocycles. The zero-order valence-corrected chi connectivity index (χ0v) is 22.0. The van der Waals surface area contributed by atoms with Crippen molar-refractivity contribution in [3.63, 3.8) is 0 Å². The lowest BCUT2D eigenvalue weighted by molar-refractivity contribution is 0.393. The monoisotopic (exact) mass is 530 g/mol. The second-order valence-corrected chi connectivity index (χ2v) is 9.89. The first kappa shape index (κ1) is 26.8. The molecule has 11 heteroatoms. The summed E-state index contributed by atoms with van der Waals surface area (Å²) in [4.78, 5) is 4.75. The van der Waals surface area contributed by atoms with E-state index in [1.807, 2.05) is 30.5 Å². The third-order valence-corrected chi connectivity index (χ3v) is 7.15. The van der Waals surface area contributed by atoms with Crippen molar-refractivity contribution in [3.8, 4) is 28.0 Å². The van der Waals surface area contributed by atoms with E-state index < -0.39 is 0 Å². The highest BCUT2D eigenvalue weighted by atomic mass is 35.5. The molecule has 1 saturated carbocycles. The van der Waals surface area contributed by atoms with Crippen LogP contribution in [0.5, 0.6) is 0 Å². The molecule has 4 aromatic rings. The average Bonchev–Trinajstić information content (AvgIpc) is 3.46. The fourth-order valence-electron chi connectivity index (χ4n) is 4.33. The van der Waals surface area contributed by atoms with Gasteiger partial charge in [0.25, 0.3) is 0 Å². The van der Waals surface area contributed by atoms with Gasteiger partial charge in [0.15, 0.2) is 5.01 Å². The summed E-state index contributed by atoms with van der Waals surface area (Å²) in [5, 5.41) is 28.1. The zero-order valence-electron chi connectivity index (χ0n) is 19.5. The van der Waals surface area contributed by atoms with Crippen LogP contribution in [0.25, 0.3) is 27.5 Å². The van der Waals surface area contributed by atoms with Gasteiger partial charge in [-0.05, 0) is 63.8 Å². The topological polar surface area (TPSA) is 118 Å². The van der Waals surface area contributed by atoms with Crippen molar-refractivity contribution in [3.05, 3.63) is 47.2 Å². The Balaban J connectivity index is 0.00000171. The number of pyridine rings is 1. The maximum atomic E-state index is 9.14. The standard InChI is InChI=1S/C24H26N8S.2ClH/c1-14(2)29-20-10-21(22-8-7-18-9-15(11-25)12-28-32(18)22)27-13-19(20)24-31-30-23(33-24)16-3-5-17(26)6-4-16;;/h7-10,12-14,16-17H,3-6,26H2,1-2H3,(H,27,29);2*1H/t16-,17-;;. The largest absolute Gasteiger partial charge is 0.382 e. The van der Waals surface area contributed by atoms with Crippen molar-refractivity contribution < 1.29 is 0 Å². The summed E-state index contributed by atoms with van der Waals surface area (Å²) < 4.78 is 1.80. The molecule has 0 bridgehead atoms. The Morgan fingerprint density at radius 2 is 1.89 bits per heavy atom. The molecule has 8 nitrogen and oxygen atoms in total. The van der Waals surface area contributed by atoms with Crippen molar-refractivity contribution in [1.29, 1.82) is 5.26 Å². The third-order valence-electron chi connectivity index (χ3n) is 6.03. The van der Waals surface area contributed by atoms with E-state index in [1.54, 1.807) is 22.0 Å². The molecule has 0 aromatic carbocycles. The van der Waals surface area contributed by atoms with Gasteiger partial charge in [0.1, 0.15) is 11.1 Å². The van der Waals surface area contributed by atoms with E-state index in [0.717, 1.165) is 63.9 Å². The van der Waals surface area contributed by atoms with Gasteiger partial charge < -0.3 is 11.1 Å². The second kappa shape index (κ2) is 11.3. The van der Waals surface area contributed by atoms with Crippen LogP contribution in [0.4, 0.5) is 5.69 Å². The van der Waals surface area contributed by atoms with Gasteiger partial charge in [-0.1, -0.05) is 11.3 Å². The average molecular weight is 532 g/mol. The number of nitrogens with one attached hydrogen (secondary N) is 1. The number of nitrogens with two attached hydrogens (primary N) is 1. The van der Waals surface area contributed by atoms with E-state index in [-0.39, 0.29) is 30.9 Å². The lowest BCUT2D eigenvalue weighted by atomic mass is 9.87. The van der Waals surface area contributed by atoms with Gasteiger partial charge in [0.2, 0.25) is 0 Å². The highest BCUT2D eigenvalue weighted by molar-refractivity contribution is 7.14. The first-order chi connectivity index (χ1) is 16.0. The maximum absolute atomic E-state index is 9.14. The number of halogens is 2.